The molecule has 0 amide bonds. The predicted octanol–water partition coefficient (Wildman–Crippen LogP) is 4.45. The van der Waals surface area contributed by atoms with Crippen LogP contribution in [0.25, 0.3) is 0 Å². The van der Waals surface area contributed by atoms with Gasteiger partial charge in [0.25, 0.3) is 0 Å². The maximum Gasteiger partial charge on any atom is 0.156 e. The smallest absolute Gasteiger partial charge is 0.156 e. The summed E-state index contributed by atoms with van der Waals surface area (Å²) in [4.78, 5) is 4.80. The molecule has 0 atom stereocenters. The fraction of sp³-hybridized carbons (Fsp3) is 0.933. The maximum absolute atomic E-state index is 4.80. The molecule has 106 valence electrons. The molecule has 1 aliphatic heterocycles. The van der Waals surface area contributed by atoms with Gasteiger partial charge in [0, 0.05) is 17.8 Å². The molecule has 0 aromatic rings. The summed E-state index contributed by atoms with van der Waals surface area (Å²) in [6.45, 7) is 12.4. The molecule has 0 bridgehead atoms. The monoisotopic (exact) mass is 270 g/mol. The van der Waals surface area contributed by atoms with E-state index in [-0.39, 0.29) is 5.54 Å². The van der Waals surface area contributed by atoms with Crippen LogP contribution in [-0.2, 0) is 0 Å². The van der Waals surface area contributed by atoms with E-state index in [0.29, 0.717) is 5.41 Å². The standard InChI is InChI=1S/C15H30N2S/c1-6-7-8-9-14(2,3)12-16-13-17-15(4,5)10-11-18-13/h6-12H2,1-5H3,(H,16,17). The Kier molecular flexibility index (Phi) is 6.03. The zero-order valence-corrected chi connectivity index (χ0v) is 13.6. The molecule has 0 radical (unpaired) electrons. The third-order valence-corrected chi connectivity index (χ3v) is 4.43. The highest BCUT2D eigenvalue weighted by molar-refractivity contribution is 8.13. The van der Waals surface area contributed by atoms with Crippen molar-refractivity contribution in [2.24, 2.45) is 10.4 Å². The lowest BCUT2D eigenvalue weighted by molar-refractivity contribution is 0.332. The minimum Gasteiger partial charge on any atom is -0.360 e. The Morgan fingerprint density at radius 3 is 2.67 bits per heavy atom. The molecule has 0 aliphatic carbocycles. The number of nitrogens with one attached hydrogen (secondary N) is 1. The average molecular weight is 270 g/mol. The van der Waals surface area contributed by atoms with Gasteiger partial charge in [0.05, 0.1) is 0 Å². The van der Waals surface area contributed by atoms with Crippen molar-refractivity contribution in [1.82, 2.24) is 5.32 Å². The molecule has 3 heteroatoms. The molecule has 0 aromatic heterocycles. The second kappa shape index (κ2) is 6.83. The van der Waals surface area contributed by atoms with E-state index in [1.165, 1.54) is 37.9 Å². The van der Waals surface area contributed by atoms with Crippen molar-refractivity contribution in [3.05, 3.63) is 0 Å². The molecular formula is C15H30N2S. The third kappa shape index (κ3) is 6.12. The number of amidine groups is 1. The fourth-order valence-electron chi connectivity index (χ4n) is 2.09. The highest BCUT2D eigenvalue weighted by atomic mass is 32.2. The van der Waals surface area contributed by atoms with Crippen LogP contribution in [-0.4, -0.2) is 23.0 Å². The van der Waals surface area contributed by atoms with Crippen molar-refractivity contribution in [2.45, 2.75) is 72.3 Å². The SMILES string of the molecule is CCCCCC(C)(C)CN=C1NC(C)(C)CCS1. The Morgan fingerprint density at radius 2 is 2.06 bits per heavy atom. The van der Waals surface area contributed by atoms with Gasteiger partial charge < -0.3 is 5.32 Å². The van der Waals surface area contributed by atoms with Crippen molar-refractivity contribution in [3.8, 4) is 0 Å². The Bertz CT molecular complexity index is 282. The molecule has 1 rings (SSSR count). The van der Waals surface area contributed by atoms with Crippen molar-refractivity contribution in [1.29, 1.82) is 0 Å². The maximum atomic E-state index is 4.80. The number of thioether (sulfide) groups is 1. The van der Waals surface area contributed by atoms with Gasteiger partial charge in [-0.15, -0.1) is 0 Å². The highest BCUT2D eigenvalue weighted by Crippen LogP contribution is 2.26. The fourth-order valence-corrected chi connectivity index (χ4v) is 3.40. The predicted molar refractivity (Wildman–Crippen MR) is 84.5 cm³/mol. The van der Waals surface area contributed by atoms with Gasteiger partial charge in [-0.1, -0.05) is 51.8 Å². The highest BCUT2D eigenvalue weighted by Gasteiger charge is 2.25. The van der Waals surface area contributed by atoms with E-state index in [1.54, 1.807) is 0 Å². The number of unbranched alkanes of at least 4 members (excludes halogenated alkanes) is 2. The number of hydrogen-bond acceptors (Lipinski definition) is 2. The second-order valence-electron chi connectivity index (χ2n) is 6.85. The van der Waals surface area contributed by atoms with Crippen LogP contribution in [0.15, 0.2) is 4.99 Å². The molecule has 1 saturated heterocycles. The molecular weight excluding hydrogens is 240 g/mol. The molecule has 1 heterocycles. The van der Waals surface area contributed by atoms with Crippen LogP contribution in [0.4, 0.5) is 0 Å². The van der Waals surface area contributed by atoms with Gasteiger partial charge in [-0.2, -0.15) is 0 Å². The van der Waals surface area contributed by atoms with E-state index in [0.717, 1.165) is 11.7 Å². The molecule has 0 unspecified atom stereocenters. The quantitative estimate of drug-likeness (QED) is 0.721. The normalized spacial score (nSPS) is 21.9. The summed E-state index contributed by atoms with van der Waals surface area (Å²) in [6, 6.07) is 0. The van der Waals surface area contributed by atoms with E-state index in [2.05, 4.69) is 39.9 Å². The molecule has 1 fully saturated rings. The summed E-state index contributed by atoms with van der Waals surface area (Å²) in [5, 5.41) is 4.69. The van der Waals surface area contributed by atoms with Crippen molar-refractivity contribution < 1.29 is 0 Å². The first-order chi connectivity index (χ1) is 8.35. The number of aliphatic imine (C=N–C) groups is 1. The van der Waals surface area contributed by atoms with Crippen LogP contribution in [0.5, 0.6) is 0 Å². The average Bonchev–Trinajstić information content (AvgIpc) is 2.26. The van der Waals surface area contributed by atoms with Crippen LogP contribution in [0.2, 0.25) is 0 Å². The van der Waals surface area contributed by atoms with Gasteiger partial charge in [0.2, 0.25) is 0 Å². The molecule has 1 aliphatic rings. The van der Waals surface area contributed by atoms with E-state index in [9.17, 15) is 0 Å². The van der Waals surface area contributed by atoms with Gasteiger partial charge in [0.1, 0.15) is 0 Å². The van der Waals surface area contributed by atoms with Crippen LogP contribution >= 0.6 is 11.8 Å². The number of rotatable bonds is 6. The molecule has 1 N–H and O–H groups in total. The zero-order chi connectivity index (χ0) is 13.6. The van der Waals surface area contributed by atoms with E-state index < -0.39 is 0 Å². The van der Waals surface area contributed by atoms with Crippen LogP contribution < -0.4 is 5.32 Å². The first kappa shape index (κ1) is 15.9. The van der Waals surface area contributed by atoms with Crippen molar-refractivity contribution in [3.63, 3.8) is 0 Å². The van der Waals surface area contributed by atoms with Crippen LogP contribution in [0, 0.1) is 5.41 Å². The lowest BCUT2D eigenvalue weighted by atomic mass is 9.87. The number of nitrogens with zero attached hydrogens (tertiary/aromatic N) is 1. The van der Waals surface area contributed by atoms with Gasteiger partial charge >= 0.3 is 0 Å². The Hall–Kier alpha value is -0.180. The summed E-state index contributed by atoms with van der Waals surface area (Å²) in [6.07, 6.45) is 6.49. The summed E-state index contributed by atoms with van der Waals surface area (Å²) in [7, 11) is 0. The van der Waals surface area contributed by atoms with Crippen LogP contribution in [0.3, 0.4) is 0 Å². The zero-order valence-electron chi connectivity index (χ0n) is 12.8. The first-order valence-electron chi connectivity index (χ1n) is 7.30. The van der Waals surface area contributed by atoms with E-state index >= 15 is 0 Å². The molecule has 0 aromatic carbocycles. The Morgan fingerprint density at radius 1 is 1.33 bits per heavy atom. The molecule has 2 nitrogen and oxygen atoms in total. The third-order valence-electron chi connectivity index (χ3n) is 3.52. The molecule has 0 saturated carbocycles. The van der Waals surface area contributed by atoms with Crippen molar-refractivity contribution in [2.75, 3.05) is 12.3 Å². The van der Waals surface area contributed by atoms with Gasteiger partial charge in [-0.25, -0.2) is 0 Å². The topological polar surface area (TPSA) is 24.4 Å². The van der Waals surface area contributed by atoms with Gasteiger partial charge in [0.15, 0.2) is 5.17 Å². The van der Waals surface area contributed by atoms with Crippen molar-refractivity contribution >= 4 is 16.9 Å². The summed E-state index contributed by atoms with van der Waals surface area (Å²) >= 11 is 1.87. The summed E-state index contributed by atoms with van der Waals surface area (Å²) in [5.74, 6) is 1.19. The van der Waals surface area contributed by atoms with Crippen LogP contribution in [0.1, 0.15) is 66.7 Å². The number of hydrogen-bond donors (Lipinski definition) is 1. The summed E-state index contributed by atoms with van der Waals surface area (Å²) in [5.41, 5.74) is 0.558. The summed E-state index contributed by atoms with van der Waals surface area (Å²) < 4.78 is 0. The van der Waals surface area contributed by atoms with E-state index in [1.807, 2.05) is 11.8 Å². The minimum absolute atomic E-state index is 0.219. The Balaban J connectivity index is 2.41. The minimum atomic E-state index is 0.219. The largest absolute Gasteiger partial charge is 0.360 e. The van der Waals surface area contributed by atoms with Gasteiger partial charge in [-0.05, 0) is 32.1 Å². The Labute approximate surface area is 117 Å². The van der Waals surface area contributed by atoms with E-state index in [4.69, 9.17) is 4.99 Å². The van der Waals surface area contributed by atoms with Gasteiger partial charge in [-0.3, -0.25) is 4.99 Å². The second-order valence-corrected chi connectivity index (χ2v) is 7.93. The lowest BCUT2D eigenvalue weighted by Crippen LogP contribution is -2.46. The lowest BCUT2D eigenvalue weighted by Gasteiger charge is -2.33. The molecule has 18 heavy (non-hydrogen) atoms. The molecule has 0 spiro atoms. The first-order valence-corrected chi connectivity index (χ1v) is 8.29.